The van der Waals surface area contributed by atoms with Crippen LogP contribution >= 0.6 is 0 Å². The van der Waals surface area contributed by atoms with Crippen LogP contribution in [0.4, 0.5) is 5.69 Å². The lowest BCUT2D eigenvalue weighted by Crippen LogP contribution is -1.93. The summed E-state index contributed by atoms with van der Waals surface area (Å²) in [5, 5.41) is 2.40. The van der Waals surface area contributed by atoms with Gasteiger partial charge in [-0.2, -0.15) is 0 Å². The van der Waals surface area contributed by atoms with Gasteiger partial charge in [-0.1, -0.05) is 0 Å². The van der Waals surface area contributed by atoms with Crippen LogP contribution in [0.15, 0.2) is 18.7 Å². The number of rotatable bonds is 2. The molecule has 0 saturated carbocycles. The molecule has 0 bridgehead atoms. The third-order valence-corrected chi connectivity index (χ3v) is 0.786. The van der Waals surface area contributed by atoms with Gasteiger partial charge in [-0.25, -0.2) is 9.97 Å². The average Bonchev–Trinajstić information content (AvgIpc) is 1.91. The lowest BCUT2D eigenvalue weighted by Gasteiger charge is -1.91. The van der Waals surface area contributed by atoms with E-state index in [0.29, 0.717) is 12.1 Å². The first-order valence-corrected chi connectivity index (χ1v) is 2.38. The Kier molecular flexibility index (Phi) is 1.74. The Morgan fingerprint density at radius 2 is 2.22 bits per heavy atom. The van der Waals surface area contributed by atoms with Crippen LogP contribution < -0.4 is 5.32 Å². The topological polar surface area (TPSA) is 54.9 Å². The second kappa shape index (κ2) is 2.76. The van der Waals surface area contributed by atoms with Gasteiger partial charge in [0.2, 0.25) is 6.41 Å². The van der Waals surface area contributed by atoms with Crippen LogP contribution in [-0.2, 0) is 4.79 Å². The molecule has 0 aromatic carbocycles. The molecule has 1 heterocycles. The molecule has 0 unspecified atom stereocenters. The fraction of sp³-hybridized carbons (Fsp3) is 0. The van der Waals surface area contributed by atoms with E-state index in [0.717, 1.165) is 0 Å². The lowest BCUT2D eigenvalue weighted by molar-refractivity contribution is -0.105. The molecule has 4 heteroatoms. The summed E-state index contributed by atoms with van der Waals surface area (Å²) in [6.45, 7) is 0. The summed E-state index contributed by atoms with van der Waals surface area (Å²) in [6.07, 6.45) is 5.01. The Hall–Kier alpha value is -1.45. The van der Waals surface area contributed by atoms with Crippen LogP contribution in [0.1, 0.15) is 1.43 Å². The molecule has 9 heavy (non-hydrogen) atoms. The Morgan fingerprint density at radius 1 is 1.56 bits per heavy atom. The van der Waals surface area contributed by atoms with Crippen molar-refractivity contribution in [3.05, 3.63) is 18.7 Å². The number of hydrogen-bond acceptors (Lipinski definition) is 3. The highest BCUT2D eigenvalue weighted by Crippen LogP contribution is 1.96. The Morgan fingerprint density at radius 3 is 2.78 bits per heavy atom. The fourth-order valence-electron chi connectivity index (χ4n) is 0.442. The first-order chi connectivity index (χ1) is 4.43. The van der Waals surface area contributed by atoms with Gasteiger partial charge in [-0.05, 0) is 0 Å². The summed E-state index contributed by atoms with van der Waals surface area (Å²) >= 11 is 0. The number of carbonyl (C=O) groups is 1. The van der Waals surface area contributed by atoms with Crippen LogP contribution in [0.3, 0.4) is 0 Å². The molecule has 1 aromatic heterocycles. The molecule has 1 aromatic rings. The normalized spacial score (nSPS) is 8.44. The molecule has 1 amide bonds. The number of amides is 1. The van der Waals surface area contributed by atoms with Crippen molar-refractivity contribution >= 4 is 12.1 Å². The minimum Gasteiger partial charge on any atom is -0.326 e. The summed E-state index contributed by atoms with van der Waals surface area (Å²) in [7, 11) is 0. The van der Waals surface area contributed by atoms with Crippen molar-refractivity contribution < 1.29 is 6.22 Å². The van der Waals surface area contributed by atoms with E-state index in [1.165, 1.54) is 18.7 Å². The minimum atomic E-state index is 0. The number of nitrogens with zero attached hydrogens (tertiary/aromatic N) is 2. The van der Waals surface area contributed by atoms with Gasteiger partial charge in [0.1, 0.15) is 6.33 Å². The van der Waals surface area contributed by atoms with Crippen molar-refractivity contribution in [2.75, 3.05) is 5.32 Å². The molecule has 1 rings (SSSR count). The van der Waals surface area contributed by atoms with Gasteiger partial charge in [0.15, 0.2) is 0 Å². The Balaban J connectivity index is 0.000000810. The van der Waals surface area contributed by atoms with E-state index in [1.54, 1.807) is 0 Å². The molecular formula is C5H6N3O+. The quantitative estimate of drug-likeness (QED) is 0.571. The third-order valence-electron chi connectivity index (χ3n) is 0.786. The van der Waals surface area contributed by atoms with Gasteiger partial charge >= 0.3 is 1.43 Å². The number of nitrogens with one attached hydrogen (secondary N) is 1. The zero-order valence-electron chi connectivity index (χ0n) is 5.61. The first kappa shape index (κ1) is 5.68. The highest BCUT2D eigenvalue weighted by atomic mass is 16.1. The molecular weight excluding hydrogens is 118 g/mol. The molecule has 46 valence electrons. The van der Waals surface area contributed by atoms with Crippen molar-refractivity contribution in [1.82, 2.24) is 9.97 Å². The molecule has 0 aliphatic heterocycles. The van der Waals surface area contributed by atoms with Gasteiger partial charge < -0.3 is 5.32 Å². The SMILES string of the molecule is O=CNc1cncnc1.[H+]. The van der Waals surface area contributed by atoms with E-state index in [9.17, 15) is 4.79 Å². The molecule has 0 fully saturated rings. The summed E-state index contributed by atoms with van der Waals surface area (Å²) in [6, 6.07) is 0. The largest absolute Gasteiger partial charge is 1.00 e. The van der Waals surface area contributed by atoms with Crippen LogP contribution in [0, 0.1) is 0 Å². The van der Waals surface area contributed by atoms with Gasteiger partial charge in [0.05, 0.1) is 18.1 Å². The van der Waals surface area contributed by atoms with Crippen molar-refractivity contribution in [3.8, 4) is 0 Å². The molecule has 0 spiro atoms. The zero-order valence-corrected chi connectivity index (χ0v) is 4.61. The second-order valence-corrected chi connectivity index (χ2v) is 1.39. The summed E-state index contributed by atoms with van der Waals surface area (Å²) in [5.74, 6) is 0. The van der Waals surface area contributed by atoms with Crippen molar-refractivity contribution in [2.24, 2.45) is 0 Å². The number of aromatic nitrogens is 2. The van der Waals surface area contributed by atoms with Crippen molar-refractivity contribution in [2.45, 2.75) is 0 Å². The van der Waals surface area contributed by atoms with Crippen LogP contribution in [-0.4, -0.2) is 16.4 Å². The lowest BCUT2D eigenvalue weighted by atomic mass is 10.5. The van der Waals surface area contributed by atoms with Crippen LogP contribution in [0.5, 0.6) is 0 Å². The maximum absolute atomic E-state index is 9.81. The average molecular weight is 124 g/mol. The van der Waals surface area contributed by atoms with Gasteiger partial charge in [-0.3, -0.25) is 4.79 Å². The standard InChI is InChI=1S/C5H5N3O/c9-4-8-5-1-6-3-7-2-5/h1-4H,(H,8,9)/p+1. The predicted octanol–water partition coefficient (Wildman–Crippen LogP) is 0.157. The maximum Gasteiger partial charge on any atom is 1.00 e. The predicted molar refractivity (Wildman–Crippen MR) is 32.8 cm³/mol. The van der Waals surface area contributed by atoms with E-state index in [2.05, 4.69) is 15.3 Å². The number of hydrogen-bond donors (Lipinski definition) is 1. The van der Waals surface area contributed by atoms with E-state index >= 15 is 0 Å². The zero-order chi connectivity index (χ0) is 6.53. The molecule has 0 saturated heterocycles. The fourth-order valence-corrected chi connectivity index (χ4v) is 0.442. The Bertz CT molecular complexity index is 191. The number of carbonyl (C=O) groups excluding carboxylic acids is 1. The number of anilines is 1. The molecule has 0 aliphatic carbocycles. The van der Waals surface area contributed by atoms with Crippen LogP contribution in [0.2, 0.25) is 0 Å². The smallest absolute Gasteiger partial charge is 0.326 e. The first-order valence-electron chi connectivity index (χ1n) is 2.38. The molecule has 0 radical (unpaired) electrons. The summed E-state index contributed by atoms with van der Waals surface area (Å²) in [5.41, 5.74) is 0.604. The van der Waals surface area contributed by atoms with Crippen molar-refractivity contribution in [1.29, 1.82) is 0 Å². The molecule has 4 nitrogen and oxygen atoms in total. The van der Waals surface area contributed by atoms with Gasteiger partial charge in [0, 0.05) is 0 Å². The highest BCUT2D eigenvalue weighted by Gasteiger charge is 1.84. The van der Waals surface area contributed by atoms with E-state index in [-0.39, 0.29) is 1.43 Å². The molecule has 0 aliphatic rings. The second-order valence-electron chi connectivity index (χ2n) is 1.39. The summed E-state index contributed by atoms with van der Waals surface area (Å²) < 4.78 is 0. The minimum absolute atomic E-state index is 0. The maximum atomic E-state index is 9.81. The molecule has 1 N–H and O–H groups in total. The monoisotopic (exact) mass is 124 g/mol. The van der Waals surface area contributed by atoms with Crippen LogP contribution in [0.25, 0.3) is 0 Å². The Labute approximate surface area is 53.4 Å². The van der Waals surface area contributed by atoms with Gasteiger partial charge in [-0.15, -0.1) is 0 Å². The van der Waals surface area contributed by atoms with E-state index < -0.39 is 0 Å². The molecule has 0 atom stereocenters. The van der Waals surface area contributed by atoms with E-state index in [4.69, 9.17) is 0 Å². The third kappa shape index (κ3) is 1.49. The van der Waals surface area contributed by atoms with Crippen molar-refractivity contribution in [3.63, 3.8) is 0 Å². The van der Waals surface area contributed by atoms with E-state index in [1.807, 2.05) is 0 Å². The highest BCUT2D eigenvalue weighted by molar-refractivity contribution is 5.69. The van der Waals surface area contributed by atoms with Gasteiger partial charge in [0.25, 0.3) is 0 Å². The summed E-state index contributed by atoms with van der Waals surface area (Å²) in [4.78, 5) is 17.1.